The Hall–Kier alpha value is -3.21. The van der Waals surface area contributed by atoms with Crippen LogP contribution < -0.4 is 0 Å². The fourth-order valence-corrected chi connectivity index (χ4v) is 4.17. The SMILES string of the molecule is C=C[C@H]1CC(C(=O)OC)(C(=O)OC)C[C@H]1C(=O)c1ccc(-c2ccccc2)cc1. The molecule has 1 aliphatic carbocycles. The lowest BCUT2D eigenvalue weighted by Crippen LogP contribution is -2.39. The molecule has 0 aliphatic heterocycles. The highest BCUT2D eigenvalue weighted by atomic mass is 16.5. The van der Waals surface area contributed by atoms with Crippen molar-refractivity contribution in [2.24, 2.45) is 17.3 Å². The summed E-state index contributed by atoms with van der Waals surface area (Å²) in [5.41, 5.74) is 1.12. The number of rotatable bonds is 6. The van der Waals surface area contributed by atoms with Gasteiger partial charge in [0, 0.05) is 11.5 Å². The van der Waals surface area contributed by atoms with Crippen LogP contribution in [0.2, 0.25) is 0 Å². The van der Waals surface area contributed by atoms with Gasteiger partial charge in [0.25, 0.3) is 0 Å². The molecule has 1 fully saturated rings. The van der Waals surface area contributed by atoms with Crippen molar-refractivity contribution < 1.29 is 23.9 Å². The lowest BCUT2D eigenvalue weighted by atomic mass is 9.84. The molecule has 0 aromatic heterocycles. The van der Waals surface area contributed by atoms with E-state index in [1.165, 1.54) is 14.2 Å². The molecule has 5 nitrogen and oxygen atoms in total. The van der Waals surface area contributed by atoms with Crippen molar-refractivity contribution in [1.29, 1.82) is 0 Å². The average molecular weight is 392 g/mol. The maximum Gasteiger partial charge on any atom is 0.323 e. The minimum Gasteiger partial charge on any atom is -0.468 e. The van der Waals surface area contributed by atoms with E-state index in [2.05, 4.69) is 6.58 Å². The monoisotopic (exact) mass is 392 g/mol. The zero-order chi connectivity index (χ0) is 21.0. The second-order valence-corrected chi connectivity index (χ2v) is 7.29. The van der Waals surface area contributed by atoms with E-state index in [0.29, 0.717) is 5.56 Å². The predicted molar refractivity (Wildman–Crippen MR) is 109 cm³/mol. The smallest absolute Gasteiger partial charge is 0.323 e. The van der Waals surface area contributed by atoms with Crippen LogP contribution in [0.25, 0.3) is 11.1 Å². The third-order valence-corrected chi connectivity index (χ3v) is 5.74. The summed E-state index contributed by atoms with van der Waals surface area (Å²) in [6.07, 6.45) is 1.82. The number of benzene rings is 2. The molecular formula is C24H24O5. The first-order chi connectivity index (χ1) is 14.0. The maximum atomic E-state index is 13.2. The number of ketones is 1. The van der Waals surface area contributed by atoms with Crippen LogP contribution in [-0.4, -0.2) is 31.9 Å². The number of hydrogen-bond donors (Lipinski definition) is 0. The van der Waals surface area contributed by atoms with Gasteiger partial charge in [-0.1, -0.05) is 60.7 Å². The molecule has 2 atom stereocenters. The summed E-state index contributed by atoms with van der Waals surface area (Å²) in [4.78, 5) is 38.1. The molecular weight excluding hydrogens is 368 g/mol. The number of carbonyl (C=O) groups excluding carboxylic acids is 3. The summed E-state index contributed by atoms with van der Waals surface area (Å²) in [5.74, 6) is -2.34. The number of carbonyl (C=O) groups is 3. The van der Waals surface area contributed by atoms with Gasteiger partial charge in [0.05, 0.1) is 14.2 Å². The molecule has 150 valence electrons. The van der Waals surface area contributed by atoms with Gasteiger partial charge in [-0.05, 0) is 29.9 Å². The molecule has 0 bridgehead atoms. The second-order valence-electron chi connectivity index (χ2n) is 7.29. The first kappa shape index (κ1) is 20.5. The Morgan fingerprint density at radius 3 is 1.97 bits per heavy atom. The minimum atomic E-state index is -1.48. The number of hydrogen-bond acceptors (Lipinski definition) is 5. The van der Waals surface area contributed by atoms with E-state index in [9.17, 15) is 14.4 Å². The number of Topliss-reactive ketones (excluding diaryl/α,β-unsaturated/α-hetero) is 1. The van der Waals surface area contributed by atoms with Gasteiger partial charge in [-0.15, -0.1) is 6.58 Å². The molecule has 29 heavy (non-hydrogen) atoms. The standard InChI is InChI=1S/C24H24O5/c1-4-16-14-24(22(26)28-2,23(27)29-3)15-20(16)21(25)19-12-10-18(11-13-19)17-8-6-5-7-9-17/h4-13,16,20H,1,14-15H2,2-3H3/t16-,20+/m0/s1. The van der Waals surface area contributed by atoms with Gasteiger partial charge < -0.3 is 9.47 Å². The van der Waals surface area contributed by atoms with E-state index >= 15 is 0 Å². The first-order valence-electron chi connectivity index (χ1n) is 9.46. The third-order valence-electron chi connectivity index (χ3n) is 5.74. The first-order valence-corrected chi connectivity index (χ1v) is 9.46. The fraction of sp³-hybridized carbons (Fsp3) is 0.292. The highest BCUT2D eigenvalue weighted by Gasteiger charge is 2.58. The Morgan fingerprint density at radius 1 is 0.897 bits per heavy atom. The minimum absolute atomic E-state index is 0.0440. The van der Waals surface area contributed by atoms with Crippen LogP contribution in [0.15, 0.2) is 67.3 Å². The average Bonchev–Trinajstić information content (AvgIpc) is 3.19. The Kier molecular flexibility index (Phi) is 5.97. The van der Waals surface area contributed by atoms with E-state index in [1.807, 2.05) is 42.5 Å². The van der Waals surface area contributed by atoms with Crippen molar-refractivity contribution >= 4 is 17.7 Å². The molecule has 1 saturated carbocycles. The van der Waals surface area contributed by atoms with E-state index in [4.69, 9.17) is 9.47 Å². The molecule has 0 radical (unpaired) electrons. The summed E-state index contributed by atoms with van der Waals surface area (Å²) in [5, 5.41) is 0. The van der Waals surface area contributed by atoms with Gasteiger partial charge in [-0.25, -0.2) is 0 Å². The van der Waals surface area contributed by atoms with Crippen molar-refractivity contribution in [3.05, 3.63) is 72.8 Å². The van der Waals surface area contributed by atoms with Crippen molar-refractivity contribution in [2.75, 3.05) is 14.2 Å². The van der Waals surface area contributed by atoms with Crippen LogP contribution in [0.3, 0.4) is 0 Å². The van der Waals surface area contributed by atoms with E-state index < -0.39 is 23.3 Å². The van der Waals surface area contributed by atoms with Crippen LogP contribution in [0.4, 0.5) is 0 Å². The highest BCUT2D eigenvalue weighted by Crippen LogP contribution is 2.49. The Morgan fingerprint density at radius 2 is 1.45 bits per heavy atom. The molecule has 2 aromatic carbocycles. The predicted octanol–water partition coefficient (Wildman–Crippen LogP) is 4.08. The lowest BCUT2D eigenvalue weighted by molar-refractivity contribution is -0.168. The molecule has 2 aromatic rings. The highest BCUT2D eigenvalue weighted by molar-refractivity contribution is 6.04. The van der Waals surface area contributed by atoms with Crippen LogP contribution in [0, 0.1) is 17.3 Å². The number of allylic oxidation sites excluding steroid dienone is 1. The van der Waals surface area contributed by atoms with E-state index in [-0.39, 0.29) is 24.5 Å². The van der Waals surface area contributed by atoms with Crippen LogP contribution in [0.5, 0.6) is 0 Å². The Labute approximate surface area is 170 Å². The molecule has 0 unspecified atom stereocenters. The van der Waals surface area contributed by atoms with Crippen LogP contribution in [-0.2, 0) is 19.1 Å². The van der Waals surface area contributed by atoms with Crippen molar-refractivity contribution in [2.45, 2.75) is 12.8 Å². The Bertz CT molecular complexity index is 898. The maximum absolute atomic E-state index is 13.2. The lowest BCUT2D eigenvalue weighted by Gasteiger charge is -2.23. The molecule has 0 amide bonds. The summed E-state index contributed by atoms with van der Waals surface area (Å²) in [7, 11) is 2.46. The van der Waals surface area contributed by atoms with Crippen LogP contribution >= 0.6 is 0 Å². The van der Waals surface area contributed by atoms with Gasteiger partial charge >= 0.3 is 11.9 Å². The normalized spacial score (nSPS) is 19.9. The summed E-state index contributed by atoms with van der Waals surface area (Å²) in [6, 6.07) is 17.2. The summed E-state index contributed by atoms with van der Waals surface area (Å²) < 4.78 is 9.73. The van der Waals surface area contributed by atoms with Gasteiger partial charge in [0.2, 0.25) is 0 Å². The van der Waals surface area contributed by atoms with E-state index in [1.54, 1.807) is 18.2 Å². The molecule has 0 spiro atoms. The summed E-state index contributed by atoms with van der Waals surface area (Å²) >= 11 is 0. The van der Waals surface area contributed by atoms with Gasteiger partial charge in [-0.2, -0.15) is 0 Å². The number of methoxy groups -OCH3 is 2. The largest absolute Gasteiger partial charge is 0.468 e. The van der Waals surface area contributed by atoms with Crippen molar-refractivity contribution in [3.8, 4) is 11.1 Å². The number of esters is 2. The zero-order valence-corrected chi connectivity index (χ0v) is 16.6. The van der Waals surface area contributed by atoms with E-state index in [0.717, 1.165) is 11.1 Å². The van der Waals surface area contributed by atoms with Gasteiger partial charge in [0.15, 0.2) is 11.2 Å². The number of ether oxygens (including phenoxy) is 2. The molecule has 0 saturated heterocycles. The topological polar surface area (TPSA) is 69.7 Å². The molecule has 5 heteroatoms. The quantitative estimate of drug-likeness (QED) is 0.321. The Balaban J connectivity index is 1.89. The fourth-order valence-electron chi connectivity index (χ4n) is 4.17. The van der Waals surface area contributed by atoms with Crippen LogP contribution in [0.1, 0.15) is 23.2 Å². The molecule has 0 heterocycles. The van der Waals surface area contributed by atoms with Gasteiger partial charge in [0.1, 0.15) is 0 Å². The van der Waals surface area contributed by atoms with Crippen molar-refractivity contribution in [3.63, 3.8) is 0 Å². The molecule has 0 N–H and O–H groups in total. The van der Waals surface area contributed by atoms with Gasteiger partial charge in [-0.3, -0.25) is 14.4 Å². The molecule has 3 rings (SSSR count). The zero-order valence-electron chi connectivity index (χ0n) is 16.6. The van der Waals surface area contributed by atoms with Crippen molar-refractivity contribution in [1.82, 2.24) is 0 Å². The second kappa shape index (κ2) is 8.43. The molecule has 1 aliphatic rings. The third kappa shape index (κ3) is 3.73. The summed E-state index contributed by atoms with van der Waals surface area (Å²) in [6.45, 7) is 3.80.